The molecule has 1 saturated carbocycles. The maximum absolute atomic E-state index is 11.7. The van der Waals surface area contributed by atoms with Crippen LogP contribution in [0.3, 0.4) is 0 Å². The van der Waals surface area contributed by atoms with Gasteiger partial charge in [0.05, 0.1) is 11.7 Å². The van der Waals surface area contributed by atoms with Crippen LogP contribution in [0.1, 0.15) is 58.8 Å². The summed E-state index contributed by atoms with van der Waals surface area (Å²) < 4.78 is 0. The fourth-order valence-corrected chi connectivity index (χ4v) is 5.77. The summed E-state index contributed by atoms with van der Waals surface area (Å²) in [5, 5.41) is 24.5. The van der Waals surface area contributed by atoms with E-state index in [-0.39, 0.29) is 11.5 Å². The molecule has 1 fully saturated rings. The summed E-state index contributed by atoms with van der Waals surface area (Å²) in [5.74, 6) is 0.888. The third-order valence-corrected chi connectivity index (χ3v) is 6.86. The largest absolute Gasteiger partial charge is 0.393 e. The van der Waals surface area contributed by atoms with Crippen LogP contribution in [-0.2, 0) is 0 Å². The Morgan fingerprint density at radius 2 is 1.92 bits per heavy atom. The molecule has 0 radical (unpaired) electrons. The molecule has 4 unspecified atom stereocenters. The lowest BCUT2D eigenvalue weighted by atomic mass is 9.59. The van der Waals surface area contributed by atoms with Crippen molar-refractivity contribution < 1.29 is 10.2 Å². The molecular formula is C22H35NO2. The van der Waals surface area contributed by atoms with E-state index in [1.807, 2.05) is 14.1 Å². The molecule has 4 rings (SSSR count). The van der Waals surface area contributed by atoms with Crippen LogP contribution in [0.2, 0.25) is 0 Å². The number of hydrogen-bond acceptors (Lipinski definition) is 3. The third-order valence-electron chi connectivity index (χ3n) is 6.86. The molecule has 0 amide bonds. The second-order valence-corrected chi connectivity index (χ2v) is 8.88. The molecular weight excluding hydrogens is 310 g/mol. The Labute approximate surface area is 152 Å². The second kappa shape index (κ2) is 7.02. The Morgan fingerprint density at radius 3 is 2.64 bits per heavy atom. The van der Waals surface area contributed by atoms with Crippen molar-refractivity contribution in [1.29, 1.82) is 0 Å². The predicted molar refractivity (Wildman–Crippen MR) is 103 cm³/mol. The molecule has 0 spiro atoms. The first-order valence-corrected chi connectivity index (χ1v) is 9.91. The fourth-order valence-electron chi connectivity index (χ4n) is 5.77. The number of nitrogens with one attached hydrogen (secondary N) is 1. The van der Waals surface area contributed by atoms with Gasteiger partial charge in [-0.15, -0.1) is 0 Å². The van der Waals surface area contributed by atoms with Crippen LogP contribution in [0.25, 0.3) is 0 Å². The topological polar surface area (TPSA) is 52.5 Å². The molecule has 0 aromatic rings. The molecule has 3 nitrogen and oxygen atoms in total. The first kappa shape index (κ1) is 18.9. The summed E-state index contributed by atoms with van der Waals surface area (Å²) in [5.41, 5.74) is 3.37. The van der Waals surface area contributed by atoms with E-state index in [1.165, 1.54) is 16.7 Å². The Balaban J connectivity index is 0.000000569. The molecule has 0 aromatic heterocycles. The molecule has 0 heterocycles. The van der Waals surface area contributed by atoms with E-state index in [4.69, 9.17) is 0 Å². The van der Waals surface area contributed by atoms with Crippen LogP contribution in [0.5, 0.6) is 0 Å². The monoisotopic (exact) mass is 345 g/mol. The first-order valence-electron chi connectivity index (χ1n) is 9.91. The Kier molecular flexibility index (Phi) is 5.30. The van der Waals surface area contributed by atoms with Crippen LogP contribution < -0.4 is 5.32 Å². The second-order valence-electron chi connectivity index (χ2n) is 8.88. The number of hydrogen-bond donors (Lipinski definition) is 3. The molecule has 0 aromatic carbocycles. The van der Waals surface area contributed by atoms with Gasteiger partial charge in [-0.3, -0.25) is 0 Å². The van der Waals surface area contributed by atoms with Crippen LogP contribution in [-0.4, -0.2) is 36.0 Å². The van der Waals surface area contributed by atoms with Crippen molar-refractivity contribution in [3.05, 3.63) is 34.9 Å². The van der Waals surface area contributed by atoms with Gasteiger partial charge in [0.1, 0.15) is 0 Å². The lowest BCUT2D eigenvalue weighted by Gasteiger charge is -2.48. The van der Waals surface area contributed by atoms with Crippen molar-refractivity contribution in [2.24, 2.45) is 17.3 Å². The van der Waals surface area contributed by atoms with Gasteiger partial charge in [0, 0.05) is 5.92 Å². The summed E-state index contributed by atoms with van der Waals surface area (Å²) >= 11 is 0. The predicted octanol–water partition coefficient (Wildman–Crippen LogP) is 3.74. The molecule has 0 saturated heterocycles. The Morgan fingerprint density at radius 1 is 1.20 bits per heavy atom. The van der Waals surface area contributed by atoms with E-state index in [0.29, 0.717) is 11.8 Å². The number of fused-ring (bicyclic) bond motifs is 4. The minimum Gasteiger partial charge on any atom is -0.393 e. The van der Waals surface area contributed by atoms with E-state index in [1.54, 1.807) is 0 Å². The standard InChI is InChI=1S/C20H28O2.C2H7N/c1-13-12-19(2)8-3-4-18(19)20(22)9-7-14-5-6-16(21)10-15(14)11-17(13)20;1-3-2/h3,8,11,14,16,18,21-22H,4-7,9-10,12H2,1-2H3;3H,1-2H3/t14?,16?,18?,19?,20-;/m1./s1. The van der Waals surface area contributed by atoms with Gasteiger partial charge in [-0.05, 0) is 82.9 Å². The average molecular weight is 346 g/mol. The van der Waals surface area contributed by atoms with E-state index in [2.05, 4.69) is 37.4 Å². The zero-order chi connectivity index (χ0) is 18.2. The number of allylic oxidation sites excluding steroid dienone is 3. The zero-order valence-corrected chi connectivity index (χ0v) is 16.3. The lowest BCUT2D eigenvalue weighted by molar-refractivity contribution is -0.0377. The molecule has 3 heteroatoms. The smallest absolute Gasteiger partial charge is 0.0935 e. The lowest BCUT2D eigenvalue weighted by Crippen LogP contribution is -2.48. The van der Waals surface area contributed by atoms with Crippen molar-refractivity contribution >= 4 is 0 Å². The molecule has 4 aliphatic rings. The highest BCUT2D eigenvalue weighted by atomic mass is 16.3. The van der Waals surface area contributed by atoms with Crippen LogP contribution in [0.15, 0.2) is 34.9 Å². The number of aliphatic hydroxyl groups is 2. The molecule has 0 aliphatic heterocycles. The van der Waals surface area contributed by atoms with Gasteiger partial charge in [-0.25, -0.2) is 0 Å². The van der Waals surface area contributed by atoms with Gasteiger partial charge in [-0.2, -0.15) is 0 Å². The maximum Gasteiger partial charge on any atom is 0.0935 e. The highest BCUT2D eigenvalue weighted by Crippen LogP contribution is 2.58. The van der Waals surface area contributed by atoms with Gasteiger partial charge >= 0.3 is 0 Å². The van der Waals surface area contributed by atoms with Crippen LogP contribution >= 0.6 is 0 Å². The van der Waals surface area contributed by atoms with Crippen molar-refractivity contribution in [2.45, 2.75) is 70.5 Å². The highest BCUT2D eigenvalue weighted by Gasteiger charge is 2.54. The summed E-state index contributed by atoms with van der Waals surface area (Å²) in [6, 6.07) is 0. The van der Waals surface area contributed by atoms with Crippen molar-refractivity contribution in [1.82, 2.24) is 5.32 Å². The van der Waals surface area contributed by atoms with Gasteiger partial charge in [0.25, 0.3) is 0 Å². The van der Waals surface area contributed by atoms with Crippen molar-refractivity contribution in [3.8, 4) is 0 Å². The van der Waals surface area contributed by atoms with Gasteiger partial charge in [-0.1, -0.05) is 36.3 Å². The van der Waals surface area contributed by atoms with Crippen LogP contribution in [0.4, 0.5) is 0 Å². The average Bonchev–Trinajstić information content (AvgIpc) is 2.86. The zero-order valence-electron chi connectivity index (χ0n) is 16.3. The fraction of sp³-hybridized carbons (Fsp3) is 0.727. The molecule has 4 aliphatic carbocycles. The third kappa shape index (κ3) is 3.27. The van der Waals surface area contributed by atoms with Crippen molar-refractivity contribution in [3.63, 3.8) is 0 Å². The van der Waals surface area contributed by atoms with E-state index < -0.39 is 5.60 Å². The minimum absolute atomic E-state index is 0.121. The normalized spacial score (nSPS) is 42.5. The van der Waals surface area contributed by atoms with Gasteiger partial charge in [0.15, 0.2) is 0 Å². The number of aliphatic hydroxyl groups excluding tert-OH is 1. The maximum atomic E-state index is 11.7. The van der Waals surface area contributed by atoms with Crippen molar-refractivity contribution in [2.75, 3.05) is 14.1 Å². The first-order chi connectivity index (χ1) is 11.8. The van der Waals surface area contributed by atoms with E-state index in [9.17, 15) is 10.2 Å². The molecule has 3 N–H and O–H groups in total. The molecule has 140 valence electrons. The Hall–Kier alpha value is -0.900. The SMILES string of the molecule is CC1=C2C=C3CC(O)CCC3CC[C@]2(O)C2CC=CC2(C)C1.CNC. The quantitative estimate of drug-likeness (QED) is 0.586. The van der Waals surface area contributed by atoms with Gasteiger partial charge in [0.2, 0.25) is 0 Å². The molecule has 25 heavy (non-hydrogen) atoms. The summed E-state index contributed by atoms with van der Waals surface area (Å²) in [7, 11) is 3.75. The molecule has 0 bridgehead atoms. The summed E-state index contributed by atoms with van der Waals surface area (Å²) in [4.78, 5) is 0. The summed E-state index contributed by atoms with van der Waals surface area (Å²) in [6.07, 6.45) is 13.5. The van der Waals surface area contributed by atoms with Crippen LogP contribution in [0, 0.1) is 17.3 Å². The number of rotatable bonds is 0. The van der Waals surface area contributed by atoms with Gasteiger partial charge < -0.3 is 15.5 Å². The van der Waals surface area contributed by atoms with E-state index >= 15 is 0 Å². The Bertz CT molecular complexity index is 605. The highest BCUT2D eigenvalue weighted by molar-refractivity contribution is 5.45. The summed E-state index contributed by atoms with van der Waals surface area (Å²) in [6.45, 7) is 4.51. The molecule has 5 atom stereocenters. The minimum atomic E-state index is -0.671. The van der Waals surface area contributed by atoms with E-state index in [0.717, 1.165) is 44.9 Å².